The number of primary sulfonamides is 1. The molecule has 2 N–H and O–H groups in total. The second-order valence-corrected chi connectivity index (χ2v) is 5.03. The van der Waals surface area contributed by atoms with E-state index in [0.717, 1.165) is 0 Å². The zero-order valence-corrected chi connectivity index (χ0v) is 9.25. The number of sulfonamides is 1. The first-order valence-corrected chi connectivity index (χ1v) is 5.98. The van der Waals surface area contributed by atoms with E-state index in [2.05, 4.69) is 4.74 Å². The van der Waals surface area contributed by atoms with Crippen molar-refractivity contribution in [2.24, 2.45) is 5.14 Å². The first kappa shape index (κ1) is 12.9. The van der Waals surface area contributed by atoms with Gasteiger partial charge in [-0.1, -0.05) is 18.2 Å². The van der Waals surface area contributed by atoms with Gasteiger partial charge in [0, 0.05) is 5.56 Å². The normalized spacial score (nSPS) is 13.8. The molecule has 0 aromatic heterocycles. The van der Waals surface area contributed by atoms with Crippen LogP contribution in [0.5, 0.6) is 5.75 Å². The molecule has 0 spiro atoms. The number of rotatable bonds is 4. The van der Waals surface area contributed by atoms with Crippen LogP contribution in [0, 0.1) is 0 Å². The minimum Gasteiger partial charge on any atom is -0.434 e. The molecule has 1 aromatic carbocycles. The summed E-state index contributed by atoms with van der Waals surface area (Å²) in [6, 6.07) is 5.64. The molecule has 0 heterocycles. The zero-order chi connectivity index (χ0) is 12.3. The summed E-state index contributed by atoms with van der Waals surface area (Å²) >= 11 is 0. The quantitative estimate of drug-likeness (QED) is 0.884. The molecule has 0 bridgehead atoms. The third kappa shape index (κ3) is 3.14. The molecule has 90 valence electrons. The molecule has 0 aliphatic carbocycles. The molecule has 0 aliphatic rings. The smallest absolute Gasteiger partial charge is 0.387 e. The van der Waals surface area contributed by atoms with Crippen LogP contribution < -0.4 is 9.88 Å². The summed E-state index contributed by atoms with van der Waals surface area (Å²) < 4.78 is 50.5. The Balaban J connectivity index is 3.13. The van der Waals surface area contributed by atoms with Crippen molar-refractivity contribution in [2.75, 3.05) is 0 Å². The van der Waals surface area contributed by atoms with E-state index >= 15 is 0 Å². The van der Waals surface area contributed by atoms with E-state index in [-0.39, 0.29) is 11.3 Å². The standard InChI is InChI=1S/C9H11F2NO3S/c1-6(16(12,13)14)7-4-2-3-5-8(7)15-9(10)11/h2-6,9H,1H3,(H2,12,13,14). The molecule has 1 rings (SSSR count). The van der Waals surface area contributed by atoms with Crippen LogP contribution in [-0.2, 0) is 10.0 Å². The molecule has 1 unspecified atom stereocenters. The van der Waals surface area contributed by atoms with E-state index in [4.69, 9.17) is 5.14 Å². The predicted octanol–water partition coefficient (Wildman–Crippen LogP) is 1.64. The lowest BCUT2D eigenvalue weighted by Gasteiger charge is -2.14. The highest BCUT2D eigenvalue weighted by atomic mass is 32.2. The summed E-state index contributed by atoms with van der Waals surface area (Å²) in [6.07, 6.45) is 0. The van der Waals surface area contributed by atoms with Crippen LogP contribution in [0.2, 0.25) is 0 Å². The summed E-state index contributed by atoms with van der Waals surface area (Å²) in [5.41, 5.74) is 0.116. The molecular weight excluding hydrogens is 240 g/mol. The number of hydrogen-bond acceptors (Lipinski definition) is 3. The third-order valence-electron chi connectivity index (χ3n) is 2.07. The number of ether oxygens (including phenoxy) is 1. The van der Waals surface area contributed by atoms with Gasteiger partial charge in [-0.15, -0.1) is 0 Å². The van der Waals surface area contributed by atoms with Crippen LogP contribution in [-0.4, -0.2) is 15.0 Å². The number of benzene rings is 1. The maximum absolute atomic E-state index is 12.1. The fraction of sp³-hybridized carbons (Fsp3) is 0.333. The molecule has 0 radical (unpaired) electrons. The SMILES string of the molecule is CC(c1ccccc1OC(F)F)S(N)(=O)=O. The van der Waals surface area contributed by atoms with Crippen LogP contribution in [0.1, 0.15) is 17.7 Å². The molecule has 4 nitrogen and oxygen atoms in total. The molecule has 0 fully saturated rings. The number of nitrogens with two attached hydrogens (primary N) is 1. The average molecular weight is 251 g/mol. The summed E-state index contributed by atoms with van der Waals surface area (Å²) in [4.78, 5) is 0. The topological polar surface area (TPSA) is 69.4 Å². The maximum atomic E-state index is 12.1. The molecular formula is C9H11F2NO3S. The Labute approximate surface area is 92.1 Å². The van der Waals surface area contributed by atoms with E-state index in [0.29, 0.717) is 0 Å². The van der Waals surface area contributed by atoms with Crippen LogP contribution in [0.4, 0.5) is 8.78 Å². The lowest BCUT2D eigenvalue weighted by Crippen LogP contribution is -2.20. The van der Waals surface area contributed by atoms with Crippen molar-refractivity contribution in [1.29, 1.82) is 0 Å². The predicted molar refractivity (Wildman–Crippen MR) is 54.6 cm³/mol. The van der Waals surface area contributed by atoms with E-state index < -0.39 is 21.9 Å². The van der Waals surface area contributed by atoms with E-state index in [1.807, 2.05) is 0 Å². The van der Waals surface area contributed by atoms with Gasteiger partial charge >= 0.3 is 6.61 Å². The molecule has 0 amide bonds. The van der Waals surface area contributed by atoms with Gasteiger partial charge < -0.3 is 4.74 Å². The van der Waals surface area contributed by atoms with E-state index in [1.165, 1.54) is 31.2 Å². The van der Waals surface area contributed by atoms with E-state index in [1.54, 1.807) is 0 Å². The first-order valence-electron chi connectivity index (χ1n) is 4.37. The Hall–Kier alpha value is -1.21. The van der Waals surface area contributed by atoms with Gasteiger partial charge in [0.05, 0.1) is 0 Å². The number of halogens is 2. The highest BCUT2D eigenvalue weighted by molar-refractivity contribution is 7.89. The molecule has 0 saturated heterocycles. The van der Waals surface area contributed by atoms with Crippen LogP contribution >= 0.6 is 0 Å². The van der Waals surface area contributed by atoms with Gasteiger partial charge in [0.2, 0.25) is 10.0 Å². The summed E-state index contributed by atoms with van der Waals surface area (Å²) in [5.74, 6) is -0.181. The second-order valence-electron chi connectivity index (χ2n) is 3.15. The Morgan fingerprint density at radius 3 is 2.38 bits per heavy atom. The van der Waals surface area contributed by atoms with Crippen molar-refractivity contribution in [3.63, 3.8) is 0 Å². The zero-order valence-electron chi connectivity index (χ0n) is 8.43. The number of para-hydroxylation sites is 1. The molecule has 0 saturated carbocycles. The summed E-state index contributed by atoms with van der Waals surface area (Å²) in [7, 11) is -3.84. The van der Waals surface area contributed by atoms with Gasteiger partial charge in [-0.2, -0.15) is 8.78 Å². The number of hydrogen-bond donors (Lipinski definition) is 1. The maximum Gasteiger partial charge on any atom is 0.387 e. The Bertz CT molecular complexity index is 462. The largest absolute Gasteiger partial charge is 0.434 e. The van der Waals surface area contributed by atoms with Gasteiger partial charge in [-0.25, -0.2) is 13.6 Å². The van der Waals surface area contributed by atoms with Gasteiger partial charge in [0.15, 0.2) is 0 Å². The minimum absolute atomic E-state index is 0.116. The van der Waals surface area contributed by atoms with Crippen molar-refractivity contribution in [3.05, 3.63) is 29.8 Å². The highest BCUT2D eigenvalue weighted by Gasteiger charge is 2.22. The Morgan fingerprint density at radius 2 is 1.88 bits per heavy atom. The Kier molecular flexibility index (Phi) is 3.82. The first-order chi connectivity index (χ1) is 7.32. The van der Waals surface area contributed by atoms with Crippen LogP contribution in [0.15, 0.2) is 24.3 Å². The monoisotopic (exact) mass is 251 g/mol. The average Bonchev–Trinajstić information content (AvgIpc) is 2.15. The summed E-state index contributed by atoms with van der Waals surface area (Å²) in [6.45, 7) is -1.70. The lowest BCUT2D eigenvalue weighted by molar-refractivity contribution is -0.0504. The van der Waals surface area contributed by atoms with Crippen molar-refractivity contribution in [3.8, 4) is 5.75 Å². The van der Waals surface area contributed by atoms with Crippen molar-refractivity contribution >= 4 is 10.0 Å². The van der Waals surface area contributed by atoms with E-state index in [9.17, 15) is 17.2 Å². The van der Waals surface area contributed by atoms with Crippen molar-refractivity contribution in [2.45, 2.75) is 18.8 Å². The van der Waals surface area contributed by atoms with Gasteiger partial charge in [-0.3, -0.25) is 0 Å². The number of alkyl halides is 2. The van der Waals surface area contributed by atoms with Crippen LogP contribution in [0.3, 0.4) is 0 Å². The van der Waals surface area contributed by atoms with Crippen molar-refractivity contribution in [1.82, 2.24) is 0 Å². The van der Waals surface area contributed by atoms with Crippen LogP contribution in [0.25, 0.3) is 0 Å². The third-order valence-corrected chi connectivity index (χ3v) is 3.31. The molecule has 1 atom stereocenters. The second kappa shape index (κ2) is 4.75. The fourth-order valence-electron chi connectivity index (χ4n) is 1.20. The Morgan fingerprint density at radius 1 is 1.31 bits per heavy atom. The van der Waals surface area contributed by atoms with Gasteiger partial charge in [0.1, 0.15) is 11.0 Å². The molecule has 1 aromatic rings. The van der Waals surface area contributed by atoms with Crippen molar-refractivity contribution < 1.29 is 21.9 Å². The molecule has 0 aliphatic heterocycles. The fourth-order valence-corrected chi connectivity index (χ4v) is 1.75. The molecule has 16 heavy (non-hydrogen) atoms. The van der Waals surface area contributed by atoms with Gasteiger partial charge in [-0.05, 0) is 13.0 Å². The molecule has 7 heteroatoms. The minimum atomic E-state index is -3.84. The lowest BCUT2D eigenvalue weighted by atomic mass is 10.1. The highest BCUT2D eigenvalue weighted by Crippen LogP contribution is 2.29. The van der Waals surface area contributed by atoms with Gasteiger partial charge in [0.25, 0.3) is 0 Å². The summed E-state index contributed by atoms with van der Waals surface area (Å²) in [5, 5.41) is 3.84.